The number of hydrogen-bond donors (Lipinski definition) is 0. The average Bonchev–Trinajstić information content (AvgIpc) is 2.90. The largest absolute Gasteiger partial charge is 0.465 e. The third-order valence-corrected chi connectivity index (χ3v) is 3.49. The van der Waals surface area contributed by atoms with Crippen LogP contribution in [-0.2, 0) is 11.3 Å². The fourth-order valence-corrected chi connectivity index (χ4v) is 2.30. The van der Waals surface area contributed by atoms with E-state index in [9.17, 15) is 4.79 Å². The van der Waals surface area contributed by atoms with Crippen molar-refractivity contribution >= 4 is 28.5 Å². The van der Waals surface area contributed by atoms with E-state index in [1.54, 1.807) is 12.1 Å². The molecular formula is C16H13ClN2O2. The Morgan fingerprint density at radius 2 is 2.00 bits per heavy atom. The van der Waals surface area contributed by atoms with Gasteiger partial charge in [-0.25, -0.2) is 4.79 Å². The van der Waals surface area contributed by atoms with Crippen LogP contribution in [0.1, 0.15) is 15.9 Å². The lowest BCUT2D eigenvalue weighted by atomic mass is 10.2. The molecule has 4 nitrogen and oxygen atoms in total. The van der Waals surface area contributed by atoms with Crippen LogP contribution in [0.3, 0.4) is 0 Å². The topological polar surface area (TPSA) is 44.1 Å². The summed E-state index contributed by atoms with van der Waals surface area (Å²) in [4.78, 5) is 11.5. The molecule has 0 aliphatic carbocycles. The second-order valence-electron chi connectivity index (χ2n) is 4.72. The molecule has 0 aliphatic rings. The van der Waals surface area contributed by atoms with Crippen molar-refractivity contribution in [1.82, 2.24) is 9.78 Å². The van der Waals surface area contributed by atoms with Crippen molar-refractivity contribution in [3.63, 3.8) is 0 Å². The first-order valence-electron chi connectivity index (χ1n) is 6.46. The molecule has 106 valence electrons. The van der Waals surface area contributed by atoms with Crippen LogP contribution in [0.2, 0.25) is 5.02 Å². The number of nitrogens with zero attached hydrogens (tertiary/aromatic N) is 2. The van der Waals surface area contributed by atoms with E-state index < -0.39 is 0 Å². The monoisotopic (exact) mass is 300 g/mol. The number of ether oxygens (including phenoxy) is 1. The minimum Gasteiger partial charge on any atom is -0.465 e. The van der Waals surface area contributed by atoms with Gasteiger partial charge in [-0.1, -0.05) is 29.8 Å². The molecule has 0 saturated heterocycles. The molecule has 3 rings (SSSR count). The molecule has 0 N–H and O–H groups in total. The molecule has 0 spiro atoms. The van der Waals surface area contributed by atoms with Crippen molar-refractivity contribution in [3.8, 4) is 0 Å². The average molecular weight is 301 g/mol. The standard InChI is InChI=1S/C16H13ClN2O2/c1-21-16(20)12-4-5-13-10-19(18-15(13)8-12)9-11-2-6-14(17)7-3-11/h2-8,10H,9H2,1H3. The van der Waals surface area contributed by atoms with Crippen molar-refractivity contribution in [2.24, 2.45) is 0 Å². The third kappa shape index (κ3) is 2.90. The number of halogens is 1. The number of esters is 1. The number of carbonyl (C=O) groups excluding carboxylic acids is 1. The van der Waals surface area contributed by atoms with Gasteiger partial charge in [-0.2, -0.15) is 5.10 Å². The summed E-state index contributed by atoms with van der Waals surface area (Å²) in [6.07, 6.45) is 1.95. The first-order valence-corrected chi connectivity index (χ1v) is 6.83. The summed E-state index contributed by atoms with van der Waals surface area (Å²) in [6.45, 7) is 0.652. The van der Waals surface area contributed by atoms with Crippen molar-refractivity contribution in [1.29, 1.82) is 0 Å². The predicted molar refractivity (Wildman–Crippen MR) is 81.6 cm³/mol. The molecule has 0 atom stereocenters. The highest BCUT2D eigenvalue weighted by atomic mass is 35.5. The molecule has 0 aliphatic heterocycles. The number of methoxy groups -OCH3 is 1. The van der Waals surface area contributed by atoms with E-state index in [2.05, 4.69) is 5.10 Å². The first-order chi connectivity index (χ1) is 10.2. The summed E-state index contributed by atoms with van der Waals surface area (Å²) in [5.41, 5.74) is 2.38. The Balaban J connectivity index is 1.90. The van der Waals surface area contributed by atoms with E-state index in [1.807, 2.05) is 41.2 Å². The Hall–Kier alpha value is -2.33. The molecule has 0 radical (unpaired) electrons. The van der Waals surface area contributed by atoms with Gasteiger partial charge in [-0.15, -0.1) is 0 Å². The zero-order valence-electron chi connectivity index (χ0n) is 11.4. The number of rotatable bonds is 3. The van der Waals surface area contributed by atoms with Gasteiger partial charge in [-0.05, 0) is 29.8 Å². The molecule has 1 heterocycles. The van der Waals surface area contributed by atoms with E-state index in [4.69, 9.17) is 16.3 Å². The van der Waals surface area contributed by atoms with Crippen LogP contribution in [0, 0.1) is 0 Å². The predicted octanol–water partition coefficient (Wildman–Crippen LogP) is 3.52. The van der Waals surface area contributed by atoms with Gasteiger partial charge in [0.1, 0.15) is 0 Å². The summed E-state index contributed by atoms with van der Waals surface area (Å²) in [6, 6.07) is 13.0. The quantitative estimate of drug-likeness (QED) is 0.695. The molecule has 2 aromatic carbocycles. The van der Waals surface area contributed by atoms with E-state index in [0.29, 0.717) is 17.1 Å². The molecule has 21 heavy (non-hydrogen) atoms. The summed E-state index contributed by atoms with van der Waals surface area (Å²) in [5.74, 6) is -0.357. The Morgan fingerprint density at radius 1 is 1.24 bits per heavy atom. The summed E-state index contributed by atoms with van der Waals surface area (Å²) in [7, 11) is 1.37. The van der Waals surface area contributed by atoms with Gasteiger partial charge in [0.25, 0.3) is 0 Å². The van der Waals surface area contributed by atoms with Crippen LogP contribution in [-0.4, -0.2) is 22.9 Å². The SMILES string of the molecule is COC(=O)c1ccc2cn(Cc3ccc(Cl)cc3)nc2c1. The van der Waals surface area contributed by atoms with Crippen molar-refractivity contribution < 1.29 is 9.53 Å². The van der Waals surface area contributed by atoms with Gasteiger partial charge in [0.15, 0.2) is 0 Å². The molecule has 1 aromatic heterocycles. The summed E-state index contributed by atoms with van der Waals surface area (Å²) < 4.78 is 6.56. The zero-order chi connectivity index (χ0) is 14.8. The number of aromatic nitrogens is 2. The minimum atomic E-state index is -0.357. The van der Waals surface area contributed by atoms with Crippen LogP contribution in [0.25, 0.3) is 10.9 Å². The molecule has 0 amide bonds. The number of fused-ring (bicyclic) bond motifs is 1. The molecule has 0 saturated carbocycles. The Labute approximate surface area is 126 Å². The highest BCUT2D eigenvalue weighted by Gasteiger charge is 2.08. The van der Waals surface area contributed by atoms with Crippen LogP contribution < -0.4 is 0 Å². The Morgan fingerprint density at radius 3 is 2.71 bits per heavy atom. The van der Waals surface area contributed by atoms with E-state index in [-0.39, 0.29) is 5.97 Å². The van der Waals surface area contributed by atoms with Gasteiger partial charge >= 0.3 is 5.97 Å². The van der Waals surface area contributed by atoms with E-state index in [1.165, 1.54) is 7.11 Å². The van der Waals surface area contributed by atoms with E-state index in [0.717, 1.165) is 16.5 Å². The smallest absolute Gasteiger partial charge is 0.337 e. The fraction of sp³-hybridized carbons (Fsp3) is 0.125. The van der Waals surface area contributed by atoms with Gasteiger partial charge in [0, 0.05) is 16.6 Å². The van der Waals surface area contributed by atoms with Crippen molar-refractivity contribution in [2.75, 3.05) is 7.11 Å². The van der Waals surface area contributed by atoms with Crippen LogP contribution in [0.15, 0.2) is 48.7 Å². The maximum absolute atomic E-state index is 11.5. The number of benzene rings is 2. The molecule has 5 heteroatoms. The normalized spacial score (nSPS) is 10.8. The van der Waals surface area contributed by atoms with Crippen LogP contribution in [0.4, 0.5) is 0 Å². The fourth-order valence-electron chi connectivity index (χ4n) is 2.17. The highest BCUT2D eigenvalue weighted by Crippen LogP contribution is 2.17. The number of carbonyl (C=O) groups is 1. The van der Waals surface area contributed by atoms with E-state index >= 15 is 0 Å². The molecule has 0 bridgehead atoms. The van der Waals surface area contributed by atoms with Crippen molar-refractivity contribution in [3.05, 3.63) is 64.8 Å². The van der Waals surface area contributed by atoms with Crippen molar-refractivity contribution in [2.45, 2.75) is 6.54 Å². The highest BCUT2D eigenvalue weighted by molar-refractivity contribution is 6.30. The van der Waals surface area contributed by atoms with Gasteiger partial charge in [0.2, 0.25) is 0 Å². The van der Waals surface area contributed by atoms with Crippen LogP contribution >= 0.6 is 11.6 Å². The molecule has 0 unspecified atom stereocenters. The molecular weight excluding hydrogens is 288 g/mol. The number of hydrogen-bond acceptors (Lipinski definition) is 3. The lowest BCUT2D eigenvalue weighted by Gasteiger charge is -2.01. The second-order valence-corrected chi connectivity index (χ2v) is 5.15. The van der Waals surface area contributed by atoms with Gasteiger partial charge in [0.05, 0.1) is 24.7 Å². The lowest BCUT2D eigenvalue weighted by molar-refractivity contribution is 0.0601. The summed E-state index contributed by atoms with van der Waals surface area (Å²) >= 11 is 5.87. The maximum atomic E-state index is 11.5. The van der Waals surface area contributed by atoms with Gasteiger partial charge < -0.3 is 4.74 Å². The van der Waals surface area contributed by atoms with Gasteiger partial charge in [-0.3, -0.25) is 4.68 Å². The third-order valence-electron chi connectivity index (χ3n) is 3.23. The Bertz CT molecular complexity index is 794. The zero-order valence-corrected chi connectivity index (χ0v) is 12.2. The van der Waals surface area contributed by atoms with Crippen LogP contribution in [0.5, 0.6) is 0 Å². The summed E-state index contributed by atoms with van der Waals surface area (Å²) in [5, 5.41) is 6.18. The maximum Gasteiger partial charge on any atom is 0.337 e. The Kier molecular flexibility index (Phi) is 3.62. The second kappa shape index (κ2) is 5.58. The lowest BCUT2D eigenvalue weighted by Crippen LogP contribution is -2.01. The first kappa shape index (κ1) is 13.6. The molecule has 0 fully saturated rings. The minimum absolute atomic E-state index is 0.357. The molecule has 3 aromatic rings.